The Kier molecular flexibility index (Phi) is 5.89. The number of aromatic amines is 1. The van der Waals surface area contributed by atoms with Crippen molar-refractivity contribution in [1.29, 1.82) is 0 Å². The zero-order valence-corrected chi connectivity index (χ0v) is 18.5. The quantitative estimate of drug-likeness (QED) is 0.414. The third-order valence-electron chi connectivity index (χ3n) is 5.19. The molecule has 1 saturated heterocycles. The van der Waals surface area contributed by atoms with Crippen molar-refractivity contribution in [2.24, 2.45) is 0 Å². The first-order chi connectivity index (χ1) is 15.6. The molecule has 3 heterocycles. The van der Waals surface area contributed by atoms with Crippen molar-refractivity contribution in [1.82, 2.24) is 19.5 Å². The fourth-order valence-corrected chi connectivity index (χ4v) is 4.27. The van der Waals surface area contributed by atoms with Crippen LogP contribution in [0.2, 0.25) is 10.0 Å². The van der Waals surface area contributed by atoms with Crippen LogP contribution < -0.4 is 4.74 Å². The molecule has 164 valence electrons. The molecule has 32 heavy (non-hydrogen) atoms. The molecule has 7 nitrogen and oxygen atoms in total. The SMILES string of the molecule is Clc1ccc([C@]2(Cn3ccnc3)OC[C@@H](COc3cccc(-c4ncc[nH]4)c3)O2)c(Cl)c1. The highest BCUT2D eigenvalue weighted by Gasteiger charge is 2.45. The summed E-state index contributed by atoms with van der Waals surface area (Å²) in [7, 11) is 0. The van der Waals surface area contributed by atoms with Gasteiger partial charge in [-0.2, -0.15) is 0 Å². The van der Waals surface area contributed by atoms with E-state index in [-0.39, 0.29) is 6.10 Å². The van der Waals surface area contributed by atoms with Crippen molar-refractivity contribution < 1.29 is 14.2 Å². The van der Waals surface area contributed by atoms with Crippen LogP contribution in [-0.4, -0.2) is 38.8 Å². The van der Waals surface area contributed by atoms with Gasteiger partial charge in [-0.1, -0.05) is 41.4 Å². The zero-order valence-electron chi connectivity index (χ0n) is 16.9. The van der Waals surface area contributed by atoms with Crippen molar-refractivity contribution in [3.05, 3.63) is 89.2 Å². The van der Waals surface area contributed by atoms with Crippen LogP contribution in [0.15, 0.2) is 73.6 Å². The first kappa shape index (κ1) is 21.0. The molecular formula is C23H20Cl2N4O3. The highest BCUT2D eigenvalue weighted by molar-refractivity contribution is 6.35. The van der Waals surface area contributed by atoms with Gasteiger partial charge in [0.1, 0.15) is 24.3 Å². The van der Waals surface area contributed by atoms with E-state index in [9.17, 15) is 0 Å². The Labute approximate surface area is 194 Å². The average Bonchev–Trinajstić information content (AvgIpc) is 3.56. The molecule has 4 aromatic rings. The topological polar surface area (TPSA) is 74.2 Å². The first-order valence-corrected chi connectivity index (χ1v) is 10.8. The van der Waals surface area contributed by atoms with Gasteiger partial charge in [-0.05, 0) is 24.3 Å². The smallest absolute Gasteiger partial charge is 0.215 e. The zero-order chi connectivity index (χ0) is 22.0. The van der Waals surface area contributed by atoms with Crippen molar-refractivity contribution in [2.45, 2.75) is 18.4 Å². The summed E-state index contributed by atoms with van der Waals surface area (Å²) in [4.78, 5) is 11.5. The summed E-state index contributed by atoms with van der Waals surface area (Å²) in [5, 5.41) is 1.02. The number of H-pyrrole nitrogens is 1. The van der Waals surface area contributed by atoms with Crippen LogP contribution >= 0.6 is 23.2 Å². The molecule has 0 saturated carbocycles. The Morgan fingerprint density at radius 1 is 1.19 bits per heavy atom. The van der Waals surface area contributed by atoms with E-state index in [0.717, 1.165) is 17.1 Å². The van der Waals surface area contributed by atoms with E-state index in [1.165, 1.54) is 0 Å². The summed E-state index contributed by atoms with van der Waals surface area (Å²) in [6.07, 6.45) is 8.48. The van der Waals surface area contributed by atoms with Gasteiger partial charge < -0.3 is 23.8 Å². The molecule has 0 unspecified atom stereocenters. The lowest BCUT2D eigenvalue weighted by molar-refractivity contribution is -0.189. The molecule has 2 atom stereocenters. The summed E-state index contributed by atoms with van der Waals surface area (Å²) < 4.78 is 20.5. The van der Waals surface area contributed by atoms with Crippen LogP contribution in [0.3, 0.4) is 0 Å². The van der Waals surface area contributed by atoms with Gasteiger partial charge in [0, 0.05) is 40.9 Å². The fourth-order valence-electron chi connectivity index (χ4n) is 3.72. The minimum Gasteiger partial charge on any atom is -0.491 e. The number of imidazole rings is 2. The number of ether oxygens (including phenoxy) is 3. The van der Waals surface area contributed by atoms with Crippen molar-refractivity contribution in [3.8, 4) is 17.1 Å². The summed E-state index contributed by atoms with van der Waals surface area (Å²) in [5.74, 6) is 0.429. The minimum atomic E-state index is -1.08. The molecular weight excluding hydrogens is 451 g/mol. The van der Waals surface area contributed by atoms with Crippen LogP contribution in [0, 0.1) is 0 Å². The van der Waals surface area contributed by atoms with Crippen LogP contribution in [0.25, 0.3) is 11.4 Å². The van der Waals surface area contributed by atoms with Gasteiger partial charge in [0.15, 0.2) is 0 Å². The predicted octanol–water partition coefficient (Wildman–Crippen LogP) is 4.93. The number of hydrogen-bond donors (Lipinski definition) is 1. The van der Waals surface area contributed by atoms with E-state index >= 15 is 0 Å². The number of benzene rings is 2. The fraction of sp³-hybridized carbons (Fsp3) is 0.217. The summed E-state index contributed by atoms with van der Waals surface area (Å²) in [5.41, 5.74) is 1.65. The van der Waals surface area contributed by atoms with Gasteiger partial charge in [-0.15, -0.1) is 0 Å². The van der Waals surface area contributed by atoms with Gasteiger partial charge in [0.25, 0.3) is 0 Å². The third-order valence-corrected chi connectivity index (χ3v) is 5.74. The summed E-state index contributed by atoms with van der Waals surface area (Å²) in [6.45, 7) is 1.06. The second-order valence-corrected chi connectivity index (χ2v) is 8.28. The maximum Gasteiger partial charge on any atom is 0.215 e. The summed E-state index contributed by atoms with van der Waals surface area (Å²) >= 11 is 12.6. The highest BCUT2D eigenvalue weighted by Crippen LogP contribution is 2.40. The summed E-state index contributed by atoms with van der Waals surface area (Å²) in [6, 6.07) is 13.0. The van der Waals surface area contributed by atoms with Gasteiger partial charge in [-0.25, -0.2) is 9.97 Å². The largest absolute Gasteiger partial charge is 0.491 e. The monoisotopic (exact) mass is 470 g/mol. The van der Waals surface area contributed by atoms with E-state index in [1.807, 2.05) is 41.1 Å². The molecule has 0 spiro atoms. The van der Waals surface area contributed by atoms with Gasteiger partial charge in [-0.3, -0.25) is 0 Å². The molecule has 2 aromatic heterocycles. The Morgan fingerprint density at radius 3 is 2.91 bits per heavy atom. The third kappa shape index (κ3) is 4.38. The van der Waals surface area contributed by atoms with Gasteiger partial charge in [0.05, 0.1) is 24.5 Å². The van der Waals surface area contributed by atoms with E-state index in [2.05, 4.69) is 15.0 Å². The second kappa shape index (κ2) is 8.96. The highest BCUT2D eigenvalue weighted by atomic mass is 35.5. The molecule has 0 amide bonds. The number of nitrogens with zero attached hydrogens (tertiary/aromatic N) is 3. The Bertz CT molecular complexity index is 1180. The van der Waals surface area contributed by atoms with Crippen LogP contribution in [-0.2, 0) is 21.8 Å². The second-order valence-electron chi connectivity index (χ2n) is 7.44. The lowest BCUT2D eigenvalue weighted by atomic mass is 10.1. The first-order valence-electron chi connectivity index (χ1n) is 10.1. The molecule has 0 radical (unpaired) electrons. The van der Waals surface area contributed by atoms with Crippen molar-refractivity contribution >= 4 is 23.2 Å². The predicted molar refractivity (Wildman–Crippen MR) is 121 cm³/mol. The normalized spacial score (nSPS) is 20.5. The number of halogens is 2. The Balaban J connectivity index is 1.33. The molecule has 2 aromatic carbocycles. The van der Waals surface area contributed by atoms with Crippen molar-refractivity contribution in [3.63, 3.8) is 0 Å². The van der Waals surface area contributed by atoms with E-state index in [0.29, 0.717) is 35.4 Å². The van der Waals surface area contributed by atoms with Gasteiger partial charge in [0.2, 0.25) is 5.79 Å². The number of rotatable bonds is 7. The molecule has 1 aliphatic heterocycles. The number of nitrogens with one attached hydrogen (secondary N) is 1. The van der Waals surface area contributed by atoms with E-state index < -0.39 is 5.79 Å². The maximum atomic E-state index is 6.52. The molecule has 1 fully saturated rings. The Morgan fingerprint density at radius 2 is 2.12 bits per heavy atom. The molecule has 0 bridgehead atoms. The lowest BCUT2D eigenvalue weighted by Gasteiger charge is -2.30. The van der Waals surface area contributed by atoms with Crippen molar-refractivity contribution in [2.75, 3.05) is 13.2 Å². The van der Waals surface area contributed by atoms with Crippen LogP contribution in [0.4, 0.5) is 0 Å². The molecule has 1 N–H and O–H groups in total. The number of hydrogen-bond acceptors (Lipinski definition) is 5. The van der Waals surface area contributed by atoms with Gasteiger partial charge >= 0.3 is 0 Å². The molecule has 0 aliphatic carbocycles. The van der Waals surface area contributed by atoms with E-state index in [4.69, 9.17) is 37.4 Å². The lowest BCUT2D eigenvalue weighted by Crippen LogP contribution is -2.34. The molecule has 1 aliphatic rings. The van der Waals surface area contributed by atoms with Crippen LogP contribution in [0.5, 0.6) is 5.75 Å². The van der Waals surface area contributed by atoms with E-state index in [1.54, 1.807) is 37.1 Å². The maximum absolute atomic E-state index is 6.52. The number of aromatic nitrogens is 4. The Hall–Kier alpha value is -2.84. The standard InChI is InChI=1S/C23H20Cl2N4O3/c24-17-4-5-20(21(25)11-17)23(14-29-9-8-26-15-29)31-13-19(32-23)12-30-18-3-1-2-16(10-18)22-27-6-7-28-22/h1-11,15,19H,12-14H2,(H,27,28)/t19-,23-/m1/s1. The average molecular weight is 471 g/mol. The molecule has 5 rings (SSSR count). The van der Waals surface area contributed by atoms with Crippen LogP contribution in [0.1, 0.15) is 5.56 Å². The molecule has 9 heteroatoms. The minimum absolute atomic E-state index is 0.294.